The SMILES string of the molecule is CC1(C)CC(=O)N(c2cc(C3CC3)cn3cc(CNc4cc(NC(=O)[C@H]5C[C@@H]5c5cccc(Cl)c5)ncn4)nc23)C1. The van der Waals surface area contributed by atoms with E-state index in [9.17, 15) is 9.59 Å². The summed E-state index contributed by atoms with van der Waals surface area (Å²) >= 11 is 6.12. The number of imidazole rings is 1. The molecule has 1 saturated heterocycles. The van der Waals surface area contributed by atoms with E-state index in [2.05, 4.69) is 51.1 Å². The van der Waals surface area contributed by atoms with Crippen LogP contribution in [0, 0.1) is 11.3 Å². The second kappa shape index (κ2) is 9.83. The molecule has 0 unspecified atom stereocenters. The summed E-state index contributed by atoms with van der Waals surface area (Å²) in [5.41, 5.74) is 4.78. The third kappa shape index (κ3) is 5.38. The van der Waals surface area contributed by atoms with Gasteiger partial charge in [-0.1, -0.05) is 37.6 Å². The van der Waals surface area contributed by atoms with Crippen LogP contribution >= 0.6 is 11.6 Å². The van der Waals surface area contributed by atoms with Crippen LogP contribution in [0.5, 0.6) is 0 Å². The first-order valence-electron chi connectivity index (χ1n) is 14.2. The van der Waals surface area contributed by atoms with Crippen LogP contribution in [-0.2, 0) is 16.1 Å². The molecule has 0 spiro atoms. The van der Waals surface area contributed by atoms with E-state index in [1.54, 1.807) is 6.07 Å². The maximum Gasteiger partial charge on any atom is 0.229 e. The smallest absolute Gasteiger partial charge is 0.229 e. The number of nitrogens with zero attached hydrogens (tertiary/aromatic N) is 5. The van der Waals surface area contributed by atoms with Gasteiger partial charge in [-0.15, -0.1) is 0 Å². The summed E-state index contributed by atoms with van der Waals surface area (Å²) in [7, 11) is 0. The van der Waals surface area contributed by atoms with Crippen molar-refractivity contribution in [2.75, 3.05) is 22.1 Å². The number of aromatic nitrogens is 4. The van der Waals surface area contributed by atoms with E-state index < -0.39 is 0 Å². The zero-order valence-electron chi connectivity index (χ0n) is 23.1. The Morgan fingerprint density at radius 3 is 2.68 bits per heavy atom. The monoisotopic (exact) mass is 569 g/mol. The minimum absolute atomic E-state index is 0.0568. The van der Waals surface area contributed by atoms with Gasteiger partial charge in [-0.05, 0) is 65.8 Å². The van der Waals surface area contributed by atoms with Crippen LogP contribution < -0.4 is 15.5 Å². The second-order valence-corrected chi connectivity index (χ2v) is 12.8. The van der Waals surface area contributed by atoms with Crippen molar-refractivity contribution in [1.29, 1.82) is 0 Å². The summed E-state index contributed by atoms with van der Waals surface area (Å²) in [6.45, 7) is 5.39. The van der Waals surface area contributed by atoms with E-state index in [1.807, 2.05) is 35.4 Å². The van der Waals surface area contributed by atoms with Crippen LogP contribution in [0.4, 0.5) is 17.3 Å². The number of carbonyl (C=O) groups excluding carboxylic acids is 2. The predicted molar refractivity (Wildman–Crippen MR) is 158 cm³/mol. The standard InChI is InChI=1S/C31H32ClN7O2/c1-31(2)12-28(40)39(16-31)25-9-20(18-6-7-18)14-38-15-22(36-29(25)38)13-33-26-11-27(35-17-34-26)37-30(41)24-10-23(24)19-4-3-5-21(32)8-19/h3-5,8-9,11,14-15,17-18,23-24H,6-7,10,12-13,16H2,1-2H3,(H2,33,34,35,37,41)/t23-,24+/m1/s1. The van der Waals surface area contributed by atoms with Gasteiger partial charge in [0.25, 0.3) is 0 Å². The largest absolute Gasteiger partial charge is 0.364 e. The number of nitrogens with one attached hydrogen (secondary N) is 2. The normalized spacial score (nSPS) is 21.3. The molecule has 0 bridgehead atoms. The molecule has 3 aliphatic rings. The Hall–Kier alpha value is -3.98. The molecule has 7 rings (SSSR count). The molecule has 0 radical (unpaired) electrons. The van der Waals surface area contributed by atoms with Gasteiger partial charge in [-0.3, -0.25) is 9.59 Å². The first-order chi connectivity index (χ1) is 19.7. The molecule has 9 nitrogen and oxygen atoms in total. The van der Waals surface area contributed by atoms with Gasteiger partial charge in [0.2, 0.25) is 11.8 Å². The van der Waals surface area contributed by atoms with E-state index in [0.717, 1.165) is 29.0 Å². The van der Waals surface area contributed by atoms with Gasteiger partial charge in [-0.25, -0.2) is 15.0 Å². The molecule has 41 heavy (non-hydrogen) atoms. The van der Waals surface area contributed by atoms with E-state index in [4.69, 9.17) is 16.6 Å². The molecule has 3 aromatic heterocycles. The van der Waals surface area contributed by atoms with Gasteiger partial charge in [0, 0.05) is 42.4 Å². The fourth-order valence-electron chi connectivity index (χ4n) is 5.89. The van der Waals surface area contributed by atoms with Gasteiger partial charge in [0.15, 0.2) is 5.65 Å². The van der Waals surface area contributed by atoms with Crippen molar-refractivity contribution in [3.05, 3.63) is 77.0 Å². The number of rotatable bonds is 8. The van der Waals surface area contributed by atoms with Crippen molar-refractivity contribution in [3.8, 4) is 0 Å². The lowest BCUT2D eigenvalue weighted by Gasteiger charge is -2.21. The number of carbonyl (C=O) groups is 2. The molecule has 2 aliphatic carbocycles. The summed E-state index contributed by atoms with van der Waals surface area (Å²) < 4.78 is 2.05. The summed E-state index contributed by atoms with van der Waals surface area (Å²) in [5, 5.41) is 6.92. The van der Waals surface area contributed by atoms with Gasteiger partial charge >= 0.3 is 0 Å². The highest BCUT2D eigenvalue weighted by molar-refractivity contribution is 6.30. The fourth-order valence-corrected chi connectivity index (χ4v) is 6.08. The van der Waals surface area contributed by atoms with Gasteiger partial charge in [0.05, 0.1) is 17.9 Å². The fraction of sp³-hybridized carbons (Fsp3) is 0.387. The molecule has 210 valence electrons. The first kappa shape index (κ1) is 26.0. The Morgan fingerprint density at radius 2 is 1.93 bits per heavy atom. The summed E-state index contributed by atoms with van der Waals surface area (Å²) in [6, 6.07) is 11.6. The Kier molecular flexibility index (Phi) is 6.23. The third-order valence-corrected chi connectivity index (χ3v) is 8.47. The third-order valence-electron chi connectivity index (χ3n) is 8.23. The van der Waals surface area contributed by atoms with Crippen LogP contribution in [-0.4, -0.2) is 37.7 Å². The van der Waals surface area contributed by atoms with Crippen molar-refractivity contribution in [2.24, 2.45) is 11.3 Å². The maximum absolute atomic E-state index is 12.9. The number of halogens is 1. The zero-order chi connectivity index (χ0) is 28.3. The minimum Gasteiger partial charge on any atom is -0.364 e. The lowest BCUT2D eigenvalue weighted by Crippen LogP contribution is -2.26. The van der Waals surface area contributed by atoms with Gasteiger partial charge < -0.3 is 19.9 Å². The van der Waals surface area contributed by atoms with Crippen LogP contribution in [0.3, 0.4) is 0 Å². The number of pyridine rings is 1. The number of benzene rings is 1. The van der Waals surface area contributed by atoms with Crippen molar-refractivity contribution >= 4 is 46.4 Å². The van der Waals surface area contributed by atoms with E-state index in [1.165, 1.54) is 24.7 Å². The van der Waals surface area contributed by atoms with Crippen molar-refractivity contribution in [1.82, 2.24) is 19.4 Å². The first-order valence-corrected chi connectivity index (χ1v) is 14.5. The summed E-state index contributed by atoms with van der Waals surface area (Å²) in [5.74, 6) is 1.76. The highest BCUT2D eigenvalue weighted by Crippen LogP contribution is 2.48. The van der Waals surface area contributed by atoms with E-state index in [0.29, 0.717) is 42.1 Å². The average molecular weight is 570 g/mol. The Bertz CT molecular complexity index is 1680. The molecule has 2 N–H and O–H groups in total. The number of fused-ring (bicyclic) bond motifs is 1. The topological polar surface area (TPSA) is 105 Å². The highest BCUT2D eigenvalue weighted by atomic mass is 35.5. The molecule has 4 aromatic rings. The van der Waals surface area contributed by atoms with E-state index in [-0.39, 0.29) is 29.1 Å². The number of amides is 2. The maximum atomic E-state index is 12.9. The van der Waals surface area contributed by atoms with Crippen LogP contribution in [0.2, 0.25) is 5.02 Å². The predicted octanol–water partition coefficient (Wildman–Crippen LogP) is 5.77. The highest BCUT2D eigenvalue weighted by Gasteiger charge is 2.44. The molecule has 2 saturated carbocycles. The number of hydrogen-bond donors (Lipinski definition) is 2. The van der Waals surface area contributed by atoms with Crippen molar-refractivity contribution < 1.29 is 9.59 Å². The second-order valence-electron chi connectivity index (χ2n) is 12.4. The summed E-state index contributed by atoms with van der Waals surface area (Å²) in [4.78, 5) is 41.2. The molecule has 10 heteroatoms. The molecule has 1 aliphatic heterocycles. The van der Waals surface area contributed by atoms with Crippen LogP contribution in [0.1, 0.15) is 68.2 Å². The van der Waals surface area contributed by atoms with E-state index >= 15 is 0 Å². The lowest BCUT2D eigenvalue weighted by molar-refractivity contribution is -0.118. The molecular weight excluding hydrogens is 538 g/mol. The molecular formula is C31H32ClN7O2. The molecule has 2 amide bonds. The number of anilines is 3. The average Bonchev–Trinajstić information content (AvgIpc) is 3.85. The van der Waals surface area contributed by atoms with Crippen molar-refractivity contribution in [2.45, 2.75) is 57.9 Å². The molecule has 1 aromatic carbocycles. The lowest BCUT2D eigenvalue weighted by atomic mass is 9.93. The minimum atomic E-state index is -0.0967. The quantitative estimate of drug-likeness (QED) is 0.279. The Labute approximate surface area is 243 Å². The van der Waals surface area contributed by atoms with Crippen LogP contribution in [0.15, 0.2) is 55.1 Å². The Balaban J connectivity index is 1.05. The molecule has 3 fully saturated rings. The zero-order valence-corrected chi connectivity index (χ0v) is 23.9. The van der Waals surface area contributed by atoms with Crippen molar-refractivity contribution in [3.63, 3.8) is 0 Å². The number of hydrogen-bond acceptors (Lipinski definition) is 6. The summed E-state index contributed by atoms with van der Waals surface area (Å²) in [6.07, 6.45) is 9.29. The molecule has 2 atom stereocenters. The van der Waals surface area contributed by atoms with Crippen LogP contribution in [0.25, 0.3) is 5.65 Å². The van der Waals surface area contributed by atoms with Gasteiger partial charge in [-0.2, -0.15) is 0 Å². The van der Waals surface area contributed by atoms with Gasteiger partial charge in [0.1, 0.15) is 18.0 Å². The Morgan fingerprint density at radius 1 is 1.10 bits per heavy atom. The molecule has 4 heterocycles.